The van der Waals surface area contributed by atoms with E-state index in [9.17, 15) is 9.59 Å². The SMILES string of the molecule is O=C(O)[C@@H]1CCCCN1C(=O)c1cnccc1Cl. The fourth-order valence-electron chi connectivity index (χ4n) is 2.12. The molecule has 2 rings (SSSR count). The average Bonchev–Trinajstić information content (AvgIpc) is 2.38. The number of aromatic nitrogens is 1. The minimum atomic E-state index is -0.969. The molecule has 96 valence electrons. The summed E-state index contributed by atoms with van der Waals surface area (Å²) in [5, 5.41) is 9.43. The van der Waals surface area contributed by atoms with E-state index in [2.05, 4.69) is 4.98 Å². The molecule has 1 N–H and O–H groups in total. The first-order valence-electron chi connectivity index (χ1n) is 5.74. The van der Waals surface area contributed by atoms with Crippen LogP contribution in [0.15, 0.2) is 18.5 Å². The van der Waals surface area contributed by atoms with Crippen LogP contribution in [0.25, 0.3) is 0 Å². The van der Waals surface area contributed by atoms with Gasteiger partial charge >= 0.3 is 5.97 Å². The minimum Gasteiger partial charge on any atom is -0.480 e. The smallest absolute Gasteiger partial charge is 0.326 e. The van der Waals surface area contributed by atoms with Crippen molar-refractivity contribution in [2.24, 2.45) is 0 Å². The number of carboxylic acid groups (broad SMARTS) is 1. The van der Waals surface area contributed by atoms with E-state index in [4.69, 9.17) is 16.7 Å². The highest BCUT2D eigenvalue weighted by Crippen LogP contribution is 2.22. The zero-order valence-corrected chi connectivity index (χ0v) is 10.4. The topological polar surface area (TPSA) is 70.5 Å². The molecule has 1 atom stereocenters. The molecule has 0 aromatic carbocycles. The first-order valence-corrected chi connectivity index (χ1v) is 6.12. The van der Waals surface area contributed by atoms with Gasteiger partial charge in [0.15, 0.2) is 0 Å². The molecule has 0 unspecified atom stereocenters. The largest absolute Gasteiger partial charge is 0.480 e. The molecule has 0 spiro atoms. The van der Waals surface area contributed by atoms with E-state index in [0.717, 1.165) is 12.8 Å². The predicted octanol–water partition coefficient (Wildman–Crippen LogP) is 1.81. The first kappa shape index (κ1) is 12.8. The number of carboxylic acids is 1. The molecule has 0 aliphatic carbocycles. The van der Waals surface area contributed by atoms with Gasteiger partial charge in [-0.15, -0.1) is 0 Å². The second-order valence-electron chi connectivity index (χ2n) is 4.20. The van der Waals surface area contributed by atoms with Crippen LogP contribution in [0.3, 0.4) is 0 Å². The Morgan fingerprint density at radius 3 is 2.89 bits per heavy atom. The average molecular weight is 269 g/mol. The molecule has 1 aromatic heterocycles. The van der Waals surface area contributed by atoms with Gasteiger partial charge in [0.25, 0.3) is 5.91 Å². The molecule has 1 aromatic rings. The Balaban J connectivity index is 2.27. The normalized spacial score (nSPS) is 19.6. The maximum Gasteiger partial charge on any atom is 0.326 e. The molecule has 0 bridgehead atoms. The fraction of sp³-hybridized carbons (Fsp3) is 0.417. The second-order valence-corrected chi connectivity index (χ2v) is 4.61. The minimum absolute atomic E-state index is 0.257. The van der Waals surface area contributed by atoms with Crippen molar-refractivity contribution >= 4 is 23.5 Å². The van der Waals surface area contributed by atoms with Crippen LogP contribution >= 0.6 is 11.6 Å². The lowest BCUT2D eigenvalue weighted by molar-refractivity contribution is -0.143. The second kappa shape index (κ2) is 5.35. The summed E-state index contributed by atoms with van der Waals surface area (Å²) in [7, 11) is 0. The maximum atomic E-state index is 12.3. The van der Waals surface area contributed by atoms with Gasteiger partial charge in [-0.3, -0.25) is 9.78 Å². The van der Waals surface area contributed by atoms with Crippen molar-refractivity contribution < 1.29 is 14.7 Å². The van der Waals surface area contributed by atoms with Gasteiger partial charge in [-0.2, -0.15) is 0 Å². The van der Waals surface area contributed by atoms with Crippen LogP contribution in [0, 0.1) is 0 Å². The van der Waals surface area contributed by atoms with Crippen LogP contribution in [0.2, 0.25) is 5.02 Å². The number of halogens is 1. The number of amides is 1. The number of piperidine rings is 1. The third-order valence-corrected chi connectivity index (χ3v) is 3.38. The van der Waals surface area contributed by atoms with Crippen molar-refractivity contribution in [1.82, 2.24) is 9.88 Å². The number of nitrogens with zero attached hydrogens (tertiary/aromatic N) is 2. The molecule has 2 heterocycles. The molecule has 1 aliphatic heterocycles. The van der Waals surface area contributed by atoms with Crippen molar-refractivity contribution in [2.75, 3.05) is 6.54 Å². The fourth-order valence-corrected chi connectivity index (χ4v) is 2.31. The molecular formula is C12H13ClN2O3. The molecular weight excluding hydrogens is 256 g/mol. The lowest BCUT2D eigenvalue weighted by atomic mass is 10.0. The van der Waals surface area contributed by atoms with Gasteiger partial charge in [0.1, 0.15) is 6.04 Å². The van der Waals surface area contributed by atoms with Gasteiger partial charge in [0.05, 0.1) is 10.6 Å². The van der Waals surface area contributed by atoms with Crippen LogP contribution in [-0.4, -0.2) is 39.5 Å². The number of aliphatic carboxylic acids is 1. The van der Waals surface area contributed by atoms with Crippen LogP contribution in [0.5, 0.6) is 0 Å². The van der Waals surface area contributed by atoms with E-state index in [1.54, 1.807) is 0 Å². The summed E-state index contributed by atoms with van der Waals surface area (Å²) in [5.41, 5.74) is 0.257. The van der Waals surface area contributed by atoms with E-state index >= 15 is 0 Å². The molecule has 1 fully saturated rings. The molecule has 1 saturated heterocycles. The Morgan fingerprint density at radius 1 is 1.44 bits per heavy atom. The van der Waals surface area contributed by atoms with E-state index in [-0.39, 0.29) is 11.5 Å². The highest BCUT2D eigenvalue weighted by Gasteiger charge is 2.33. The van der Waals surface area contributed by atoms with Crippen molar-refractivity contribution in [3.05, 3.63) is 29.0 Å². The van der Waals surface area contributed by atoms with Crippen molar-refractivity contribution in [1.29, 1.82) is 0 Å². The molecule has 0 saturated carbocycles. The van der Waals surface area contributed by atoms with Gasteiger partial charge in [0.2, 0.25) is 0 Å². The van der Waals surface area contributed by atoms with Gasteiger partial charge in [-0.05, 0) is 25.3 Å². The van der Waals surface area contributed by atoms with Crippen molar-refractivity contribution in [2.45, 2.75) is 25.3 Å². The third kappa shape index (κ3) is 2.46. The maximum absolute atomic E-state index is 12.3. The first-order chi connectivity index (χ1) is 8.61. The van der Waals surface area contributed by atoms with Crippen molar-refractivity contribution in [3.8, 4) is 0 Å². The standard InChI is InChI=1S/C12H13ClN2O3/c13-9-4-5-14-7-8(9)11(16)15-6-2-1-3-10(15)12(17)18/h4-5,7,10H,1-3,6H2,(H,17,18)/t10-/m0/s1. The molecule has 6 heteroatoms. The summed E-state index contributed by atoms with van der Waals surface area (Å²) in [5.74, 6) is -1.33. The summed E-state index contributed by atoms with van der Waals surface area (Å²) < 4.78 is 0. The van der Waals surface area contributed by atoms with Crippen molar-refractivity contribution in [3.63, 3.8) is 0 Å². The molecule has 0 radical (unpaired) electrons. The van der Waals surface area contributed by atoms with E-state index in [1.807, 2.05) is 0 Å². The molecule has 18 heavy (non-hydrogen) atoms. The number of hydrogen-bond donors (Lipinski definition) is 1. The number of likely N-dealkylation sites (tertiary alicyclic amines) is 1. The van der Waals surface area contributed by atoms with Crippen LogP contribution in [-0.2, 0) is 4.79 Å². The summed E-state index contributed by atoms with van der Waals surface area (Å²) in [6.07, 6.45) is 4.98. The Labute approximate surface area is 109 Å². The summed E-state index contributed by atoms with van der Waals surface area (Å²) in [6.45, 7) is 0.445. The van der Waals surface area contributed by atoms with Crippen LogP contribution in [0.1, 0.15) is 29.6 Å². The summed E-state index contributed by atoms with van der Waals surface area (Å²) >= 11 is 5.93. The van der Waals surface area contributed by atoms with Crippen LogP contribution in [0.4, 0.5) is 0 Å². The Morgan fingerprint density at radius 2 is 2.22 bits per heavy atom. The Hall–Kier alpha value is -1.62. The monoisotopic (exact) mass is 268 g/mol. The number of carbonyl (C=O) groups is 2. The highest BCUT2D eigenvalue weighted by atomic mass is 35.5. The lowest BCUT2D eigenvalue weighted by Crippen LogP contribution is -2.48. The van der Waals surface area contributed by atoms with Gasteiger partial charge < -0.3 is 10.0 Å². The molecule has 5 nitrogen and oxygen atoms in total. The van der Waals surface area contributed by atoms with E-state index in [1.165, 1.54) is 23.4 Å². The summed E-state index contributed by atoms with van der Waals surface area (Å²) in [6, 6.07) is 0.761. The van der Waals surface area contributed by atoms with E-state index < -0.39 is 12.0 Å². The highest BCUT2D eigenvalue weighted by molar-refractivity contribution is 6.33. The third-order valence-electron chi connectivity index (χ3n) is 3.05. The zero-order chi connectivity index (χ0) is 13.1. The zero-order valence-electron chi connectivity index (χ0n) is 9.67. The quantitative estimate of drug-likeness (QED) is 0.888. The Bertz CT molecular complexity index is 478. The number of pyridine rings is 1. The van der Waals surface area contributed by atoms with Crippen LogP contribution < -0.4 is 0 Å². The lowest BCUT2D eigenvalue weighted by Gasteiger charge is -2.33. The molecule has 1 amide bonds. The molecule has 1 aliphatic rings. The van der Waals surface area contributed by atoms with Gasteiger partial charge in [0, 0.05) is 18.9 Å². The Kier molecular flexibility index (Phi) is 3.81. The predicted molar refractivity (Wildman–Crippen MR) is 65.6 cm³/mol. The van der Waals surface area contributed by atoms with E-state index in [0.29, 0.717) is 18.0 Å². The summed E-state index contributed by atoms with van der Waals surface area (Å²) in [4.78, 5) is 28.6. The van der Waals surface area contributed by atoms with Gasteiger partial charge in [-0.25, -0.2) is 4.79 Å². The number of hydrogen-bond acceptors (Lipinski definition) is 3. The number of rotatable bonds is 2. The van der Waals surface area contributed by atoms with Gasteiger partial charge in [-0.1, -0.05) is 11.6 Å². The number of carbonyl (C=O) groups excluding carboxylic acids is 1.